The molecule has 1 rings (SSSR count). The Kier molecular flexibility index (Phi) is 8.75. The standard InChI is InChI=1S/C13H13I3N4O5/c1-18-5(22)3-19-12(23)6-8(14)7(13(24)25)10(16)11(9(6)15)20-4(21)2-17/h2-3,17H2,1H3,(H,18,22)(H,19,23)(H,20,21)(H,24,25). The largest absolute Gasteiger partial charge is 0.478 e. The molecule has 0 bridgehead atoms. The molecule has 0 aliphatic rings. The van der Waals surface area contributed by atoms with E-state index in [0.29, 0.717) is 3.57 Å². The van der Waals surface area contributed by atoms with Crippen LogP contribution in [0.5, 0.6) is 0 Å². The summed E-state index contributed by atoms with van der Waals surface area (Å²) in [5, 5.41) is 16.8. The number of rotatable bonds is 6. The minimum Gasteiger partial charge on any atom is -0.478 e. The van der Waals surface area contributed by atoms with E-state index in [1.807, 2.05) is 22.6 Å². The fraction of sp³-hybridized carbons (Fsp3) is 0.231. The van der Waals surface area contributed by atoms with Gasteiger partial charge in [0.25, 0.3) is 5.91 Å². The second-order valence-electron chi connectivity index (χ2n) is 4.48. The second-order valence-corrected chi connectivity index (χ2v) is 7.72. The zero-order chi connectivity index (χ0) is 19.3. The normalized spacial score (nSPS) is 10.1. The third kappa shape index (κ3) is 5.36. The van der Waals surface area contributed by atoms with Gasteiger partial charge >= 0.3 is 5.97 Å². The van der Waals surface area contributed by atoms with Crippen LogP contribution >= 0.6 is 67.8 Å². The van der Waals surface area contributed by atoms with Gasteiger partial charge in [0.1, 0.15) is 0 Å². The second kappa shape index (κ2) is 9.81. The van der Waals surface area contributed by atoms with Crippen molar-refractivity contribution in [3.63, 3.8) is 0 Å². The first-order valence-electron chi connectivity index (χ1n) is 6.58. The van der Waals surface area contributed by atoms with Gasteiger partial charge in [-0.05, 0) is 67.8 Å². The van der Waals surface area contributed by atoms with E-state index < -0.39 is 23.7 Å². The Bertz CT molecular complexity index is 754. The highest BCUT2D eigenvalue weighted by molar-refractivity contribution is 14.1. The molecule has 0 radical (unpaired) electrons. The molecule has 0 aliphatic heterocycles. The molecule has 12 heteroatoms. The number of carbonyl (C=O) groups is 4. The van der Waals surface area contributed by atoms with Gasteiger partial charge in [-0.2, -0.15) is 0 Å². The highest BCUT2D eigenvalue weighted by atomic mass is 127. The molecule has 0 aliphatic carbocycles. The summed E-state index contributed by atoms with van der Waals surface area (Å²) in [4.78, 5) is 47.0. The van der Waals surface area contributed by atoms with E-state index in [9.17, 15) is 24.3 Å². The highest BCUT2D eigenvalue weighted by Crippen LogP contribution is 2.35. The average Bonchev–Trinajstić information content (AvgIpc) is 2.55. The van der Waals surface area contributed by atoms with Crippen molar-refractivity contribution >= 4 is 97.2 Å². The van der Waals surface area contributed by atoms with Crippen LogP contribution in [0.2, 0.25) is 0 Å². The summed E-state index contributed by atoms with van der Waals surface area (Å²) in [5.41, 5.74) is 5.43. The predicted octanol–water partition coefficient (Wildman–Crippen LogP) is 0.572. The predicted molar refractivity (Wildman–Crippen MR) is 116 cm³/mol. The molecule has 1 aromatic carbocycles. The third-order valence-corrected chi connectivity index (χ3v) is 6.13. The summed E-state index contributed by atoms with van der Waals surface area (Å²) in [6.45, 7) is -0.556. The summed E-state index contributed by atoms with van der Waals surface area (Å²) in [6.07, 6.45) is 0. The Morgan fingerprint density at radius 3 is 2.04 bits per heavy atom. The number of benzene rings is 1. The lowest BCUT2D eigenvalue weighted by atomic mass is 10.1. The Hall–Kier alpha value is -0.750. The molecule has 0 unspecified atom stereocenters. The number of carbonyl (C=O) groups excluding carboxylic acids is 3. The van der Waals surface area contributed by atoms with Crippen molar-refractivity contribution in [3.8, 4) is 0 Å². The number of nitrogens with one attached hydrogen (secondary N) is 3. The first-order valence-corrected chi connectivity index (χ1v) is 9.81. The number of likely N-dealkylation sites (N-methyl/N-ethyl adjacent to an activating group) is 1. The lowest BCUT2D eigenvalue weighted by Crippen LogP contribution is -2.36. The van der Waals surface area contributed by atoms with Gasteiger partial charge in [-0.25, -0.2) is 4.79 Å². The maximum atomic E-state index is 12.5. The molecular formula is C13H13I3N4O5. The Morgan fingerprint density at radius 2 is 1.56 bits per heavy atom. The van der Waals surface area contributed by atoms with Crippen molar-refractivity contribution < 1.29 is 24.3 Å². The topological polar surface area (TPSA) is 151 Å². The van der Waals surface area contributed by atoms with Crippen molar-refractivity contribution in [2.75, 3.05) is 25.5 Å². The van der Waals surface area contributed by atoms with Gasteiger partial charge in [-0.1, -0.05) is 0 Å². The quantitative estimate of drug-likeness (QED) is 0.277. The van der Waals surface area contributed by atoms with Crippen LogP contribution in [0.3, 0.4) is 0 Å². The van der Waals surface area contributed by atoms with E-state index in [1.165, 1.54) is 7.05 Å². The van der Waals surface area contributed by atoms with Gasteiger partial charge < -0.3 is 26.8 Å². The number of carboxylic acid groups (broad SMARTS) is 1. The van der Waals surface area contributed by atoms with Crippen LogP contribution in [-0.4, -0.2) is 48.9 Å². The lowest BCUT2D eigenvalue weighted by Gasteiger charge is -2.17. The number of carboxylic acids is 1. The van der Waals surface area contributed by atoms with Gasteiger partial charge in [-0.3, -0.25) is 14.4 Å². The Morgan fingerprint density at radius 1 is 1.00 bits per heavy atom. The molecule has 0 fully saturated rings. The third-order valence-electron chi connectivity index (χ3n) is 2.90. The van der Waals surface area contributed by atoms with Gasteiger partial charge in [0, 0.05) is 10.6 Å². The Balaban J connectivity index is 3.50. The van der Waals surface area contributed by atoms with E-state index in [0.717, 1.165) is 0 Å². The van der Waals surface area contributed by atoms with E-state index in [2.05, 4.69) is 16.0 Å². The minimum absolute atomic E-state index is 0.0650. The zero-order valence-corrected chi connectivity index (χ0v) is 19.2. The average molecular weight is 686 g/mol. The van der Waals surface area contributed by atoms with Crippen molar-refractivity contribution in [1.82, 2.24) is 10.6 Å². The van der Waals surface area contributed by atoms with E-state index in [4.69, 9.17) is 5.73 Å². The number of nitrogens with two attached hydrogens (primary N) is 1. The number of amides is 3. The first-order chi connectivity index (χ1) is 11.6. The molecule has 3 amide bonds. The summed E-state index contributed by atoms with van der Waals surface area (Å²) >= 11 is 5.40. The van der Waals surface area contributed by atoms with Crippen LogP contribution in [0.15, 0.2) is 0 Å². The van der Waals surface area contributed by atoms with Gasteiger partial charge in [0.15, 0.2) is 0 Å². The number of aromatic carboxylic acids is 1. The van der Waals surface area contributed by atoms with E-state index in [1.54, 1.807) is 45.2 Å². The molecule has 9 nitrogen and oxygen atoms in total. The molecule has 1 aromatic rings. The molecule has 0 atom stereocenters. The molecule has 0 aromatic heterocycles. The molecule has 0 heterocycles. The number of hydrogen-bond donors (Lipinski definition) is 5. The minimum atomic E-state index is -1.24. The van der Waals surface area contributed by atoms with E-state index in [-0.39, 0.29) is 37.0 Å². The van der Waals surface area contributed by atoms with Gasteiger partial charge in [0.2, 0.25) is 11.8 Å². The van der Waals surface area contributed by atoms with Crippen LogP contribution in [0, 0.1) is 10.7 Å². The van der Waals surface area contributed by atoms with Gasteiger partial charge in [0.05, 0.1) is 37.0 Å². The van der Waals surface area contributed by atoms with Crippen LogP contribution in [0.4, 0.5) is 5.69 Å². The van der Waals surface area contributed by atoms with Gasteiger partial charge in [-0.15, -0.1) is 0 Å². The fourth-order valence-corrected chi connectivity index (χ4v) is 6.08. The summed E-state index contributed by atoms with van der Waals surface area (Å²) < 4.78 is 0.843. The number of hydrogen-bond acceptors (Lipinski definition) is 5. The molecule has 0 saturated carbocycles. The molecule has 6 N–H and O–H groups in total. The fourth-order valence-electron chi connectivity index (χ4n) is 1.69. The van der Waals surface area contributed by atoms with Crippen LogP contribution < -0.4 is 21.7 Å². The van der Waals surface area contributed by atoms with Crippen molar-refractivity contribution in [2.24, 2.45) is 5.73 Å². The Labute approximate surface area is 183 Å². The molecular weight excluding hydrogens is 673 g/mol. The zero-order valence-electron chi connectivity index (χ0n) is 12.7. The molecule has 0 saturated heterocycles. The summed E-state index contributed by atoms with van der Waals surface area (Å²) in [6, 6.07) is 0. The number of halogens is 3. The van der Waals surface area contributed by atoms with Crippen LogP contribution in [-0.2, 0) is 9.59 Å². The summed E-state index contributed by atoms with van der Waals surface area (Å²) in [7, 11) is 1.43. The lowest BCUT2D eigenvalue weighted by molar-refractivity contribution is -0.119. The highest BCUT2D eigenvalue weighted by Gasteiger charge is 2.28. The molecule has 25 heavy (non-hydrogen) atoms. The molecule has 0 spiro atoms. The smallest absolute Gasteiger partial charge is 0.337 e. The monoisotopic (exact) mass is 686 g/mol. The summed E-state index contributed by atoms with van der Waals surface area (Å²) in [5.74, 6) is -2.79. The SMILES string of the molecule is CNC(=O)CNC(=O)c1c(I)c(NC(=O)CN)c(I)c(C(=O)O)c1I. The maximum absolute atomic E-state index is 12.5. The number of anilines is 1. The van der Waals surface area contributed by atoms with Crippen molar-refractivity contribution in [1.29, 1.82) is 0 Å². The molecule has 136 valence electrons. The van der Waals surface area contributed by atoms with Crippen molar-refractivity contribution in [2.45, 2.75) is 0 Å². The first kappa shape index (κ1) is 22.3. The maximum Gasteiger partial charge on any atom is 0.337 e. The van der Waals surface area contributed by atoms with Crippen LogP contribution in [0.1, 0.15) is 20.7 Å². The van der Waals surface area contributed by atoms with E-state index >= 15 is 0 Å². The van der Waals surface area contributed by atoms with Crippen LogP contribution in [0.25, 0.3) is 0 Å². The van der Waals surface area contributed by atoms with Crippen molar-refractivity contribution in [3.05, 3.63) is 21.8 Å².